The average Bonchev–Trinajstić information content (AvgIpc) is 1.67. The second-order valence-electron chi connectivity index (χ2n) is 1.49. The molecule has 0 aromatic heterocycles. The van der Waals surface area contributed by atoms with Gasteiger partial charge in [0.25, 0.3) is 0 Å². The molecule has 0 rings (SSSR count). The van der Waals surface area contributed by atoms with E-state index in [0.717, 1.165) is 5.57 Å². The van der Waals surface area contributed by atoms with Crippen molar-refractivity contribution in [1.82, 2.24) is 0 Å². The van der Waals surface area contributed by atoms with Crippen molar-refractivity contribution in [2.75, 3.05) is 0 Å². The van der Waals surface area contributed by atoms with Crippen molar-refractivity contribution in [2.24, 2.45) is 0 Å². The predicted molar refractivity (Wildman–Crippen MR) is 38.9 cm³/mol. The molecule has 0 fully saturated rings. The molecule has 0 aliphatic carbocycles. The summed E-state index contributed by atoms with van der Waals surface area (Å²) in [4.78, 5) is 0. The maximum Gasteiger partial charge on any atom is 0.0363 e. The van der Waals surface area contributed by atoms with E-state index < -0.39 is 0 Å². The third kappa shape index (κ3) is 2.64. The zero-order chi connectivity index (χ0) is 6.57. The van der Waals surface area contributed by atoms with E-state index in [9.17, 15) is 0 Å². The van der Waals surface area contributed by atoms with Gasteiger partial charge in [0.1, 0.15) is 0 Å². The number of rotatable bonds is 2. The van der Waals surface area contributed by atoms with Gasteiger partial charge >= 0.3 is 0 Å². The van der Waals surface area contributed by atoms with Crippen LogP contribution in [0.4, 0.5) is 0 Å². The first-order valence-electron chi connectivity index (χ1n) is 2.32. The molecule has 44 valence electrons. The smallest absolute Gasteiger partial charge is 0.0363 e. The van der Waals surface area contributed by atoms with Gasteiger partial charge in [-0.05, 0) is 12.5 Å². The second-order valence-corrected chi connectivity index (χ2v) is 1.95. The van der Waals surface area contributed by atoms with Crippen LogP contribution in [0.5, 0.6) is 0 Å². The van der Waals surface area contributed by atoms with Crippen molar-refractivity contribution < 1.29 is 0 Å². The van der Waals surface area contributed by atoms with Gasteiger partial charge in [-0.1, -0.05) is 36.9 Å². The van der Waals surface area contributed by atoms with E-state index in [2.05, 4.69) is 13.2 Å². The summed E-state index contributed by atoms with van der Waals surface area (Å²) in [6.07, 6.45) is 3.50. The van der Waals surface area contributed by atoms with Gasteiger partial charge in [0, 0.05) is 5.03 Å². The Balaban J connectivity index is 3.99. The third-order valence-corrected chi connectivity index (χ3v) is 1.09. The largest absolute Gasteiger partial charge is 0.0991 e. The van der Waals surface area contributed by atoms with Crippen LogP contribution in [-0.4, -0.2) is 0 Å². The maximum atomic E-state index is 5.50. The molecular formula is C7H9Cl. The molecule has 0 heterocycles. The molecule has 0 atom stereocenters. The molecule has 0 saturated carbocycles. The van der Waals surface area contributed by atoms with Crippen LogP contribution >= 0.6 is 11.6 Å². The number of hydrogen-bond acceptors (Lipinski definition) is 0. The van der Waals surface area contributed by atoms with E-state index in [4.69, 9.17) is 11.6 Å². The Morgan fingerprint density at radius 3 is 2.25 bits per heavy atom. The molecule has 0 nitrogen and oxygen atoms in total. The maximum absolute atomic E-state index is 5.50. The van der Waals surface area contributed by atoms with Gasteiger partial charge in [-0.15, -0.1) is 0 Å². The summed E-state index contributed by atoms with van der Waals surface area (Å²) in [5.41, 5.74) is 0.960. The van der Waals surface area contributed by atoms with Crippen molar-refractivity contribution >= 4 is 11.6 Å². The van der Waals surface area contributed by atoms with E-state index in [1.54, 1.807) is 6.08 Å². The van der Waals surface area contributed by atoms with E-state index in [-0.39, 0.29) is 0 Å². The van der Waals surface area contributed by atoms with Crippen LogP contribution in [-0.2, 0) is 0 Å². The third-order valence-electron chi connectivity index (χ3n) is 0.796. The molecule has 0 spiro atoms. The number of hydrogen-bond donors (Lipinski definition) is 0. The predicted octanol–water partition coefficient (Wildman–Crippen LogP) is 2.87. The summed E-state index contributed by atoms with van der Waals surface area (Å²) >= 11 is 5.50. The van der Waals surface area contributed by atoms with Gasteiger partial charge in [0.15, 0.2) is 0 Å². The Labute approximate surface area is 55.2 Å². The number of halogens is 1. The molecule has 0 N–H and O–H groups in total. The van der Waals surface area contributed by atoms with Crippen molar-refractivity contribution in [2.45, 2.75) is 6.92 Å². The van der Waals surface area contributed by atoms with Crippen LogP contribution in [0.15, 0.2) is 35.9 Å². The lowest BCUT2D eigenvalue weighted by atomic mass is 10.3. The summed E-state index contributed by atoms with van der Waals surface area (Å²) in [7, 11) is 0. The van der Waals surface area contributed by atoms with Crippen molar-refractivity contribution in [3.8, 4) is 0 Å². The molecule has 0 amide bonds. The minimum Gasteiger partial charge on any atom is -0.0991 e. The normalized spacial score (nSPS) is 11.0. The van der Waals surface area contributed by atoms with Crippen molar-refractivity contribution in [1.29, 1.82) is 0 Å². The average molecular weight is 129 g/mol. The highest BCUT2D eigenvalue weighted by atomic mass is 35.5. The Kier molecular flexibility index (Phi) is 3.29. The van der Waals surface area contributed by atoms with Crippen molar-refractivity contribution in [3.05, 3.63) is 35.9 Å². The van der Waals surface area contributed by atoms with Crippen LogP contribution < -0.4 is 0 Å². The first-order valence-corrected chi connectivity index (χ1v) is 2.70. The Morgan fingerprint density at radius 2 is 2.12 bits per heavy atom. The van der Waals surface area contributed by atoms with E-state index in [0.29, 0.717) is 5.03 Å². The zero-order valence-electron chi connectivity index (χ0n) is 4.95. The minimum absolute atomic E-state index is 0.574. The highest BCUT2D eigenvalue weighted by Gasteiger charge is 1.85. The lowest BCUT2D eigenvalue weighted by Gasteiger charge is -1.89. The SMILES string of the molecule is C=C/C=C(/C)C(=C)Cl. The molecule has 1 heteroatoms. The van der Waals surface area contributed by atoms with Gasteiger partial charge in [-0.25, -0.2) is 0 Å². The van der Waals surface area contributed by atoms with Crippen LogP contribution in [0.1, 0.15) is 6.92 Å². The molecule has 0 bridgehead atoms. The van der Waals surface area contributed by atoms with E-state index in [1.165, 1.54) is 0 Å². The molecule has 0 radical (unpaired) electrons. The fraction of sp³-hybridized carbons (Fsp3) is 0.143. The summed E-state index contributed by atoms with van der Waals surface area (Å²) in [5.74, 6) is 0. The fourth-order valence-electron chi connectivity index (χ4n) is 0.267. The second kappa shape index (κ2) is 3.50. The lowest BCUT2D eigenvalue weighted by molar-refractivity contribution is 1.51. The molecule has 0 aromatic rings. The van der Waals surface area contributed by atoms with Crippen LogP contribution in [0, 0.1) is 0 Å². The molecule has 0 saturated heterocycles. The number of allylic oxidation sites excluding steroid dienone is 4. The minimum atomic E-state index is 0.574. The Morgan fingerprint density at radius 1 is 1.62 bits per heavy atom. The topological polar surface area (TPSA) is 0 Å². The van der Waals surface area contributed by atoms with Crippen LogP contribution in [0.25, 0.3) is 0 Å². The molecule has 0 aromatic carbocycles. The molecular weight excluding hydrogens is 120 g/mol. The first kappa shape index (κ1) is 7.51. The summed E-state index contributed by atoms with van der Waals surface area (Å²) in [6, 6.07) is 0. The van der Waals surface area contributed by atoms with E-state index in [1.807, 2.05) is 13.0 Å². The zero-order valence-corrected chi connectivity index (χ0v) is 5.70. The molecule has 0 aliphatic heterocycles. The van der Waals surface area contributed by atoms with Gasteiger partial charge < -0.3 is 0 Å². The Bertz CT molecular complexity index is 131. The highest BCUT2D eigenvalue weighted by Crippen LogP contribution is 2.09. The van der Waals surface area contributed by atoms with Gasteiger partial charge in [-0.3, -0.25) is 0 Å². The fourth-order valence-corrected chi connectivity index (χ4v) is 0.330. The van der Waals surface area contributed by atoms with E-state index >= 15 is 0 Å². The molecule has 8 heavy (non-hydrogen) atoms. The summed E-state index contributed by atoms with van der Waals surface area (Å²) in [5, 5.41) is 0.574. The quantitative estimate of drug-likeness (QED) is 0.502. The molecule has 0 unspecified atom stereocenters. The van der Waals surface area contributed by atoms with Crippen LogP contribution in [0.2, 0.25) is 0 Å². The summed E-state index contributed by atoms with van der Waals surface area (Å²) in [6.45, 7) is 8.92. The Hall–Kier alpha value is -0.490. The lowest BCUT2D eigenvalue weighted by Crippen LogP contribution is -1.68. The summed E-state index contributed by atoms with van der Waals surface area (Å²) < 4.78 is 0. The standard InChI is InChI=1S/C7H9Cl/c1-4-5-6(2)7(3)8/h4-5H,1,3H2,2H3/b6-5-. The van der Waals surface area contributed by atoms with Crippen molar-refractivity contribution in [3.63, 3.8) is 0 Å². The highest BCUT2D eigenvalue weighted by molar-refractivity contribution is 6.31. The monoisotopic (exact) mass is 128 g/mol. The van der Waals surface area contributed by atoms with Gasteiger partial charge in [0.2, 0.25) is 0 Å². The van der Waals surface area contributed by atoms with Crippen LogP contribution in [0.3, 0.4) is 0 Å². The first-order chi connectivity index (χ1) is 3.68. The molecule has 0 aliphatic rings. The van der Waals surface area contributed by atoms with Gasteiger partial charge in [0.05, 0.1) is 0 Å². The van der Waals surface area contributed by atoms with Gasteiger partial charge in [-0.2, -0.15) is 0 Å².